The van der Waals surface area contributed by atoms with Crippen molar-refractivity contribution < 1.29 is 4.74 Å². The lowest BCUT2D eigenvalue weighted by Gasteiger charge is -2.42. The number of hydrogen-bond acceptors (Lipinski definition) is 3. The SMILES string of the molecule is CC(C)c1cccc2c1NCC(C)C2N1CCOCC1. The fourth-order valence-electron chi connectivity index (χ4n) is 3.61. The second kappa shape index (κ2) is 5.74. The summed E-state index contributed by atoms with van der Waals surface area (Å²) in [6, 6.07) is 7.34. The van der Waals surface area contributed by atoms with E-state index in [4.69, 9.17) is 4.74 Å². The van der Waals surface area contributed by atoms with Gasteiger partial charge in [-0.3, -0.25) is 4.90 Å². The molecule has 1 aromatic rings. The maximum atomic E-state index is 5.52. The molecule has 20 heavy (non-hydrogen) atoms. The largest absolute Gasteiger partial charge is 0.384 e. The van der Waals surface area contributed by atoms with Gasteiger partial charge in [0.15, 0.2) is 0 Å². The van der Waals surface area contributed by atoms with Crippen LogP contribution < -0.4 is 5.32 Å². The molecule has 3 rings (SSSR count). The quantitative estimate of drug-likeness (QED) is 0.896. The number of rotatable bonds is 2. The molecule has 2 heterocycles. The fourth-order valence-corrected chi connectivity index (χ4v) is 3.61. The van der Waals surface area contributed by atoms with Gasteiger partial charge in [0.25, 0.3) is 0 Å². The van der Waals surface area contributed by atoms with Crippen LogP contribution in [-0.4, -0.2) is 37.7 Å². The average molecular weight is 274 g/mol. The van der Waals surface area contributed by atoms with Gasteiger partial charge in [-0.25, -0.2) is 0 Å². The van der Waals surface area contributed by atoms with Gasteiger partial charge in [0.1, 0.15) is 0 Å². The Hall–Kier alpha value is -1.06. The molecule has 0 saturated carbocycles. The first kappa shape index (κ1) is 13.9. The van der Waals surface area contributed by atoms with Crippen molar-refractivity contribution in [2.45, 2.75) is 32.7 Å². The molecule has 2 atom stereocenters. The van der Waals surface area contributed by atoms with E-state index >= 15 is 0 Å². The summed E-state index contributed by atoms with van der Waals surface area (Å²) in [5, 5.41) is 3.67. The third-order valence-corrected chi connectivity index (χ3v) is 4.65. The number of hydrogen-bond donors (Lipinski definition) is 1. The molecule has 110 valence electrons. The van der Waals surface area contributed by atoms with E-state index in [2.05, 4.69) is 49.2 Å². The maximum Gasteiger partial charge on any atom is 0.0594 e. The van der Waals surface area contributed by atoms with Crippen LogP contribution in [0.3, 0.4) is 0 Å². The Morgan fingerprint density at radius 2 is 2.00 bits per heavy atom. The minimum absolute atomic E-state index is 0.536. The molecule has 0 aromatic heterocycles. The summed E-state index contributed by atoms with van der Waals surface area (Å²) in [6.45, 7) is 11.8. The summed E-state index contributed by atoms with van der Waals surface area (Å²) in [4.78, 5) is 2.61. The van der Waals surface area contributed by atoms with E-state index in [1.165, 1.54) is 16.8 Å². The normalized spacial score (nSPS) is 27.2. The number of morpholine rings is 1. The van der Waals surface area contributed by atoms with Crippen LogP contribution in [0.4, 0.5) is 5.69 Å². The molecule has 2 aliphatic heterocycles. The van der Waals surface area contributed by atoms with Crippen molar-refractivity contribution in [3.05, 3.63) is 29.3 Å². The Bertz CT molecular complexity index is 466. The van der Waals surface area contributed by atoms with Crippen LogP contribution in [0, 0.1) is 5.92 Å². The Labute approximate surface area is 122 Å². The molecule has 1 aromatic carbocycles. The van der Waals surface area contributed by atoms with Crippen LogP contribution >= 0.6 is 0 Å². The maximum absolute atomic E-state index is 5.52. The van der Waals surface area contributed by atoms with Gasteiger partial charge < -0.3 is 10.1 Å². The second-order valence-corrected chi connectivity index (χ2v) is 6.42. The second-order valence-electron chi connectivity index (χ2n) is 6.42. The third-order valence-electron chi connectivity index (χ3n) is 4.65. The van der Waals surface area contributed by atoms with Crippen molar-refractivity contribution in [1.29, 1.82) is 0 Å². The van der Waals surface area contributed by atoms with Gasteiger partial charge in [-0.05, 0) is 23.0 Å². The number of para-hydroxylation sites is 1. The van der Waals surface area contributed by atoms with Crippen molar-refractivity contribution in [3.8, 4) is 0 Å². The summed E-state index contributed by atoms with van der Waals surface area (Å²) in [5.74, 6) is 1.21. The van der Waals surface area contributed by atoms with Crippen LogP contribution in [0.25, 0.3) is 0 Å². The monoisotopic (exact) mass is 274 g/mol. The summed E-state index contributed by atoms with van der Waals surface area (Å²) < 4.78 is 5.52. The van der Waals surface area contributed by atoms with E-state index < -0.39 is 0 Å². The van der Waals surface area contributed by atoms with Gasteiger partial charge in [0.2, 0.25) is 0 Å². The highest BCUT2D eigenvalue weighted by molar-refractivity contribution is 5.61. The molecule has 0 radical (unpaired) electrons. The number of nitrogens with one attached hydrogen (secondary N) is 1. The lowest BCUT2D eigenvalue weighted by Crippen LogP contribution is -2.44. The summed E-state index contributed by atoms with van der Waals surface area (Å²) in [7, 11) is 0. The predicted molar refractivity (Wildman–Crippen MR) is 83.3 cm³/mol. The van der Waals surface area contributed by atoms with Gasteiger partial charge in [-0.1, -0.05) is 39.0 Å². The first-order valence-corrected chi connectivity index (χ1v) is 7.87. The molecule has 1 fully saturated rings. The Morgan fingerprint density at radius 1 is 1.25 bits per heavy atom. The minimum Gasteiger partial charge on any atom is -0.384 e. The molecule has 1 saturated heterocycles. The van der Waals surface area contributed by atoms with Crippen molar-refractivity contribution in [2.24, 2.45) is 5.92 Å². The topological polar surface area (TPSA) is 24.5 Å². The van der Waals surface area contributed by atoms with E-state index in [1.54, 1.807) is 0 Å². The Kier molecular flexibility index (Phi) is 3.99. The molecule has 2 unspecified atom stereocenters. The van der Waals surface area contributed by atoms with Gasteiger partial charge in [0, 0.05) is 31.4 Å². The van der Waals surface area contributed by atoms with Crippen LogP contribution in [0.15, 0.2) is 18.2 Å². The van der Waals surface area contributed by atoms with Gasteiger partial charge >= 0.3 is 0 Å². The van der Waals surface area contributed by atoms with E-state index in [9.17, 15) is 0 Å². The number of benzene rings is 1. The Balaban J connectivity index is 1.98. The summed E-state index contributed by atoms with van der Waals surface area (Å²) in [5.41, 5.74) is 4.32. The van der Waals surface area contributed by atoms with E-state index in [0.717, 1.165) is 32.8 Å². The highest BCUT2D eigenvalue weighted by Gasteiger charge is 2.33. The molecule has 3 heteroatoms. The van der Waals surface area contributed by atoms with Gasteiger partial charge in [-0.2, -0.15) is 0 Å². The van der Waals surface area contributed by atoms with E-state index in [1.807, 2.05) is 0 Å². The zero-order chi connectivity index (χ0) is 14.1. The highest BCUT2D eigenvalue weighted by atomic mass is 16.5. The van der Waals surface area contributed by atoms with Crippen LogP contribution in [-0.2, 0) is 4.74 Å². The molecular weight excluding hydrogens is 248 g/mol. The lowest BCUT2D eigenvalue weighted by molar-refractivity contribution is 0.00417. The number of anilines is 1. The minimum atomic E-state index is 0.536. The molecular formula is C17H26N2O. The standard InChI is InChI=1S/C17H26N2O/c1-12(2)14-5-4-6-15-16(14)18-11-13(3)17(15)19-7-9-20-10-8-19/h4-6,12-13,17-18H,7-11H2,1-3H3. The number of ether oxygens (including phenoxy) is 1. The van der Waals surface area contributed by atoms with Crippen LogP contribution in [0.1, 0.15) is 43.9 Å². The molecule has 0 amide bonds. The van der Waals surface area contributed by atoms with Crippen LogP contribution in [0.5, 0.6) is 0 Å². The van der Waals surface area contributed by atoms with Crippen LogP contribution in [0.2, 0.25) is 0 Å². The summed E-state index contributed by atoms with van der Waals surface area (Å²) >= 11 is 0. The lowest BCUT2D eigenvalue weighted by atomic mass is 9.84. The first-order chi connectivity index (χ1) is 9.68. The smallest absolute Gasteiger partial charge is 0.0594 e. The third kappa shape index (κ3) is 2.45. The molecule has 3 nitrogen and oxygen atoms in total. The van der Waals surface area contributed by atoms with Gasteiger partial charge in [0.05, 0.1) is 13.2 Å². The van der Waals surface area contributed by atoms with Gasteiger partial charge in [-0.15, -0.1) is 0 Å². The fraction of sp³-hybridized carbons (Fsp3) is 0.647. The highest BCUT2D eigenvalue weighted by Crippen LogP contribution is 2.41. The molecule has 0 aliphatic carbocycles. The summed E-state index contributed by atoms with van der Waals surface area (Å²) in [6.07, 6.45) is 0. The molecule has 0 spiro atoms. The predicted octanol–water partition coefficient (Wildman–Crippen LogP) is 3.24. The molecule has 2 aliphatic rings. The molecule has 1 N–H and O–H groups in total. The Morgan fingerprint density at radius 3 is 2.70 bits per heavy atom. The zero-order valence-electron chi connectivity index (χ0n) is 12.9. The van der Waals surface area contributed by atoms with Crippen molar-refractivity contribution in [1.82, 2.24) is 4.90 Å². The van der Waals surface area contributed by atoms with E-state index in [-0.39, 0.29) is 0 Å². The first-order valence-electron chi connectivity index (χ1n) is 7.87. The van der Waals surface area contributed by atoms with Crippen molar-refractivity contribution in [3.63, 3.8) is 0 Å². The average Bonchev–Trinajstić information content (AvgIpc) is 2.47. The number of nitrogens with zero attached hydrogens (tertiary/aromatic N) is 1. The van der Waals surface area contributed by atoms with Crippen molar-refractivity contribution in [2.75, 3.05) is 38.2 Å². The van der Waals surface area contributed by atoms with Crippen molar-refractivity contribution >= 4 is 5.69 Å². The van der Waals surface area contributed by atoms with E-state index in [0.29, 0.717) is 17.9 Å². The number of fused-ring (bicyclic) bond motifs is 1. The zero-order valence-corrected chi connectivity index (χ0v) is 12.9. The molecule has 0 bridgehead atoms.